The molecule has 5 nitrogen and oxygen atoms in total. The molecule has 1 heterocycles. The molecule has 0 unspecified atom stereocenters. The van der Waals surface area contributed by atoms with Gasteiger partial charge in [-0.25, -0.2) is 4.98 Å². The van der Waals surface area contributed by atoms with Gasteiger partial charge in [-0.3, -0.25) is 5.73 Å². The highest BCUT2D eigenvalue weighted by Gasteiger charge is 2.04. The lowest BCUT2D eigenvalue weighted by atomic mass is 10.3. The fourth-order valence-corrected chi connectivity index (χ4v) is 1.35. The van der Waals surface area contributed by atoms with Crippen molar-refractivity contribution in [3.8, 4) is 17.4 Å². The first-order valence-corrected chi connectivity index (χ1v) is 5.06. The number of ether oxygens (including phenoxy) is 2. The molecule has 87 valence electrons. The SMILES string of the molecule is COc1cc(Oc2ccnc(C)n2)ccc1[NH]. The van der Waals surface area contributed by atoms with Crippen molar-refractivity contribution in [2.75, 3.05) is 7.11 Å². The molecule has 0 aliphatic carbocycles. The van der Waals surface area contributed by atoms with E-state index in [9.17, 15) is 0 Å². The fraction of sp³-hybridized carbons (Fsp3) is 0.167. The van der Waals surface area contributed by atoms with Gasteiger partial charge in [0.05, 0.1) is 12.8 Å². The van der Waals surface area contributed by atoms with Gasteiger partial charge < -0.3 is 9.47 Å². The first-order chi connectivity index (χ1) is 8.19. The van der Waals surface area contributed by atoms with Crippen molar-refractivity contribution >= 4 is 5.69 Å². The quantitative estimate of drug-likeness (QED) is 0.812. The Morgan fingerprint density at radius 1 is 1.24 bits per heavy atom. The monoisotopic (exact) mass is 230 g/mol. The van der Waals surface area contributed by atoms with Gasteiger partial charge in [0.15, 0.2) is 0 Å². The van der Waals surface area contributed by atoms with E-state index >= 15 is 0 Å². The first-order valence-electron chi connectivity index (χ1n) is 5.06. The van der Waals surface area contributed by atoms with Gasteiger partial charge in [0, 0.05) is 18.3 Å². The number of nitrogens with one attached hydrogen (secondary N) is 1. The zero-order chi connectivity index (χ0) is 12.3. The number of aryl methyl sites for hydroxylation is 1. The number of hydrogen-bond acceptors (Lipinski definition) is 4. The lowest BCUT2D eigenvalue weighted by Crippen LogP contribution is -1.92. The summed E-state index contributed by atoms with van der Waals surface area (Å²) in [5, 5.41) is 0. The summed E-state index contributed by atoms with van der Waals surface area (Å²) in [5.74, 6) is 2.16. The molecule has 0 bridgehead atoms. The van der Waals surface area contributed by atoms with Crippen molar-refractivity contribution in [1.82, 2.24) is 15.7 Å². The first kappa shape index (κ1) is 11.2. The number of rotatable bonds is 3. The number of benzene rings is 1. The van der Waals surface area contributed by atoms with Crippen LogP contribution in [0.1, 0.15) is 5.82 Å². The molecular weight excluding hydrogens is 218 g/mol. The van der Waals surface area contributed by atoms with E-state index in [1.165, 1.54) is 7.11 Å². The zero-order valence-corrected chi connectivity index (χ0v) is 9.60. The van der Waals surface area contributed by atoms with Crippen LogP contribution in [0.25, 0.3) is 0 Å². The molecule has 0 atom stereocenters. The van der Waals surface area contributed by atoms with Crippen LogP contribution in [-0.2, 0) is 0 Å². The maximum atomic E-state index is 7.58. The molecule has 0 aliphatic rings. The fourth-order valence-electron chi connectivity index (χ4n) is 1.35. The van der Waals surface area contributed by atoms with E-state index in [-0.39, 0.29) is 0 Å². The lowest BCUT2D eigenvalue weighted by molar-refractivity contribution is 0.408. The van der Waals surface area contributed by atoms with E-state index in [0.29, 0.717) is 28.9 Å². The summed E-state index contributed by atoms with van der Waals surface area (Å²) in [4.78, 5) is 8.11. The average molecular weight is 230 g/mol. The number of methoxy groups -OCH3 is 1. The van der Waals surface area contributed by atoms with Gasteiger partial charge >= 0.3 is 0 Å². The van der Waals surface area contributed by atoms with Crippen molar-refractivity contribution in [1.29, 1.82) is 0 Å². The van der Waals surface area contributed by atoms with Crippen LogP contribution < -0.4 is 15.2 Å². The Labute approximate surface area is 99.2 Å². The molecule has 1 aromatic carbocycles. The third-order valence-electron chi connectivity index (χ3n) is 2.15. The third kappa shape index (κ3) is 2.63. The molecule has 1 aromatic heterocycles. The molecule has 1 radical (unpaired) electrons. The van der Waals surface area contributed by atoms with Crippen LogP contribution in [0, 0.1) is 6.92 Å². The Morgan fingerprint density at radius 3 is 2.76 bits per heavy atom. The second-order valence-corrected chi connectivity index (χ2v) is 3.41. The van der Waals surface area contributed by atoms with E-state index in [0.717, 1.165) is 0 Å². The molecule has 0 saturated heterocycles. The van der Waals surface area contributed by atoms with E-state index in [2.05, 4.69) is 9.97 Å². The predicted molar refractivity (Wildman–Crippen MR) is 62.6 cm³/mol. The molecule has 0 fully saturated rings. The zero-order valence-electron chi connectivity index (χ0n) is 9.60. The van der Waals surface area contributed by atoms with Crippen molar-refractivity contribution in [2.24, 2.45) is 0 Å². The molecule has 2 aromatic rings. The highest BCUT2D eigenvalue weighted by molar-refractivity contribution is 5.53. The standard InChI is InChI=1S/C12H12N3O2/c1-8-14-6-5-12(15-8)17-9-3-4-10(13)11(7-9)16-2/h3-7,13H,1-2H3. The van der Waals surface area contributed by atoms with Crippen molar-refractivity contribution in [3.05, 3.63) is 36.3 Å². The van der Waals surface area contributed by atoms with Crippen molar-refractivity contribution in [2.45, 2.75) is 6.92 Å². The summed E-state index contributed by atoms with van der Waals surface area (Å²) in [5.41, 5.74) is 7.89. The van der Waals surface area contributed by atoms with Crippen LogP contribution in [0.5, 0.6) is 17.4 Å². The van der Waals surface area contributed by atoms with Gasteiger partial charge in [-0.05, 0) is 19.1 Å². The number of hydrogen-bond donors (Lipinski definition) is 0. The smallest absolute Gasteiger partial charge is 0.222 e. The van der Waals surface area contributed by atoms with E-state index in [4.69, 9.17) is 15.2 Å². The Kier molecular flexibility index (Phi) is 3.09. The third-order valence-corrected chi connectivity index (χ3v) is 2.15. The van der Waals surface area contributed by atoms with Crippen molar-refractivity contribution < 1.29 is 9.47 Å². The molecule has 5 heteroatoms. The van der Waals surface area contributed by atoms with E-state index in [1.54, 1.807) is 37.4 Å². The predicted octanol–water partition coefficient (Wildman–Crippen LogP) is 2.50. The topological polar surface area (TPSA) is 68.0 Å². The summed E-state index contributed by atoms with van der Waals surface area (Å²) >= 11 is 0. The molecule has 0 amide bonds. The lowest BCUT2D eigenvalue weighted by Gasteiger charge is -2.08. The second kappa shape index (κ2) is 4.69. The summed E-state index contributed by atoms with van der Waals surface area (Å²) in [6.45, 7) is 1.79. The molecule has 0 saturated carbocycles. The van der Waals surface area contributed by atoms with Crippen LogP contribution in [-0.4, -0.2) is 17.1 Å². The molecular formula is C12H12N3O2. The largest absolute Gasteiger partial charge is 0.494 e. The van der Waals surface area contributed by atoms with Crippen LogP contribution in [0.3, 0.4) is 0 Å². The van der Waals surface area contributed by atoms with E-state index in [1.807, 2.05) is 0 Å². The van der Waals surface area contributed by atoms with Gasteiger partial charge in [0.25, 0.3) is 0 Å². The maximum Gasteiger partial charge on any atom is 0.222 e. The minimum absolute atomic E-state index is 0.318. The Balaban J connectivity index is 2.24. The van der Waals surface area contributed by atoms with Crippen LogP contribution in [0.15, 0.2) is 30.5 Å². The van der Waals surface area contributed by atoms with Crippen LogP contribution in [0.2, 0.25) is 0 Å². The van der Waals surface area contributed by atoms with Gasteiger partial charge in [-0.2, -0.15) is 4.98 Å². The Hall–Kier alpha value is -2.30. The van der Waals surface area contributed by atoms with Crippen LogP contribution in [0.4, 0.5) is 5.69 Å². The van der Waals surface area contributed by atoms with Gasteiger partial charge in [0.1, 0.15) is 17.3 Å². The highest BCUT2D eigenvalue weighted by atomic mass is 16.5. The Morgan fingerprint density at radius 2 is 2.06 bits per heavy atom. The normalized spacial score (nSPS) is 10.0. The van der Waals surface area contributed by atoms with Crippen molar-refractivity contribution in [3.63, 3.8) is 0 Å². The highest BCUT2D eigenvalue weighted by Crippen LogP contribution is 2.29. The molecule has 17 heavy (non-hydrogen) atoms. The minimum Gasteiger partial charge on any atom is -0.494 e. The summed E-state index contributed by atoms with van der Waals surface area (Å²) in [7, 11) is 1.52. The number of aromatic nitrogens is 2. The minimum atomic E-state index is 0.318. The maximum absolute atomic E-state index is 7.58. The molecule has 0 spiro atoms. The summed E-state index contributed by atoms with van der Waals surface area (Å²) < 4.78 is 10.6. The molecule has 1 N–H and O–H groups in total. The van der Waals surface area contributed by atoms with Gasteiger partial charge in [-0.15, -0.1) is 0 Å². The number of nitrogens with zero attached hydrogens (tertiary/aromatic N) is 2. The average Bonchev–Trinajstić information content (AvgIpc) is 2.32. The van der Waals surface area contributed by atoms with E-state index < -0.39 is 0 Å². The van der Waals surface area contributed by atoms with Gasteiger partial charge in [0.2, 0.25) is 5.88 Å². The summed E-state index contributed by atoms with van der Waals surface area (Å²) in [6.07, 6.45) is 1.63. The summed E-state index contributed by atoms with van der Waals surface area (Å²) in [6, 6.07) is 6.64. The van der Waals surface area contributed by atoms with Crippen LogP contribution >= 0.6 is 0 Å². The second-order valence-electron chi connectivity index (χ2n) is 3.41. The van der Waals surface area contributed by atoms with Gasteiger partial charge in [-0.1, -0.05) is 0 Å². The Bertz CT molecular complexity index is 529. The molecule has 0 aliphatic heterocycles. The molecule has 2 rings (SSSR count).